The zero-order chi connectivity index (χ0) is 9.47. The minimum atomic E-state index is -0.212. The van der Waals surface area contributed by atoms with Gasteiger partial charge in [0.2, 0.25) is 0 Å². The van der Waals surface area contributed by atoms with Crippen LogP contribution in [0.2, 0.25) is 0 Å². The van der Waals surface area contributed by atoms with Gasteiger partial charge in [0, 0.05) is 7.05 Å². The summed E-state index contributed by atoms with van der Waals surface area (Å²) in [5, 5.41) is 0. The van der Waals surface area contributed by atoms with Crippen molar-refractivity contribution in [1.29, 1.82) is 0 Å². The summed E-state index contributed by atoms with van der Waals surface area (Å²) < 4.78 is 2.08. The number of aromatic nitrogens is 2. The van der Waals surface area contributed by atoms with Crippen LogP contribution in [0.4, 0.5) is 0 Å². The van der Waals surface area contributed by atoms with E-state index >= 15 is 0 Å². The van der Waals surface area contributed by atoms with Gasteiger partial charge in [0.1, 0.15) is 5.82 Å². The Morgan fingerprint density at radius 3 is 2.54 bits per heavy atom. The van der Waals surface area contributed by atoms with Crippen molar-refractivity contribution in [3.63, 3.8) is 0 Å². The Morgan fingerprint density at radius 2 is 2.08 bits per heavy atom. The molecular weight excluding hydrogens is 162 g/mol. The number of hydrogen-bond donors (Lipinski definition) is 1. The molecule has 3 nitrogen and oxygen atoms in total. The Morgan fingerprint density at radius 1 is 1.46 bits per heavy atom. The molecule has 1 aromatic heterocycles. The molecule has 0 aliphatic heterocycles. The number of aryl methyl sites for hydroxylation is 1. The Hall–Kier alpha value is -1.09. The molecule has 70 valence electrons. The molecule has 1 heterocycles. The van der Waals surface area contributed by atoms with E-state index in [9.17, 15) is 0 Å². The van der Waals surface area contributed by atoms with E-state index in [-0.39, 0.29) is 5.54 Å². The highest BCUT2D eigenvalue weighted by Gasteiger charge is 2.31. The number of nitrogens with two attached hydrogens (primary N) is 1. The van der Waals surface area contributed by atoms with Crippen LogP contribution < -0.4 is 5.73 Å². The fraction of sp³-hybridized carbons (Fsp3) is 0.500. The van der Waals surface area contributed by atoms with Crippen LogP contribution in [-0.2, 0) is 12.6 Å². The van der Waals surface area contributed by atoms with Crippen LogP contribution in [0.15, 0.2) is 18.3 Å². The van der Waals surface area contributed by atoms with E-state index in [0.29, 0.717) is 0 Å². The van der Waals surface area contributed by atoms with Gasteiger partial charge in [-0.1, -0.05) is 12.2 Å². The van der Waals surface area contributed by atoms with Gasteiger partial charge in [-0.3, -0.25) is 0 Å². The molecule has 13 heavy (non-hydrogen) atoms. The summed E-state index contributed by atoms with van der Waals surface area (Å²) in [5.74, 6) is 1.02. The van der Waals surface area contributed by atoms with Crippen LogP contribution in [0.25, 0.3) is 0 Å². The lowest BCUT2D eigenvalue weighted by Crippen LogP contribution is -2.35. The normalized spacial score (nSPS) is 19.6. The van der Waals surface area contributed by atoms with Crippen molar-refractivity contribution in [2.75, 3.05) is 0 Å². The molecule has 1 aliphatic carbocycles. The van der Waals surface area contributed by atoms with Crippen LogP contribution >= 0.6 is 0 Å². The van der Waals surface area contributed by atoms with Gasteiger partial charge in [0.05, 0.1) is 17.4 Å². The summed E-state index contributed by atoms with van der Waals surface area (Å²) in [6.07, 6.45) is 8.02. The highest BCUT2D eigenvalue weighted by molar-refractivity contribution is 5.22. The van der Waals surface area contributed by atoms with Crippen LogP contribution in [0, 0.1) is 6.92 Å². The quantitative estimate of drug-likeness (QED) is 0.656. The molecule has 0 amide bonds. The molecule has 0 saturated carbocycles. The standard InChI is InChI=1S/C10H15N3/c1-8-12-7-9(13(8)2)10(11)5-3-4-6-10/h3-4,7H,5-6,11H2,1-2H3. The fourth-order valence-corrected chi connectivity index (χ4v) is 1.84. The first kappa shape index (κ1) is 8.51. The summed E-state index contributed by atoms with van der Waals surface area (Å²) in [5.41, 5.74) is 7.19. The van der Waals surface area contributed by atoms with Crippen molar-refractivity contribution in [1.82, 2.24) is 9.55 Å². The predicted molar refractivity (Wildman–Crippen MR) is 52.2 cm³/mol. The molecule has 0 unspecified atom stereocenters. The van der Waals surface area contributed by atoms with E-state index in [1.165, 1.54) is 0 Å². The van der Waals surface area contributed by atoms with Crippen molar-refractivity contribution in [3.05, 3.63) is 29.9 Å². The molecule has 0 atom stereocenters. The Labute approximate surface area is 78.3 Å². The maximum atomic E-state index is 6.27. The third-order valence-electron chi connectivity index (χ3n) is 2.86. The largest absolute Gasteiger partial charge is 0.334 e. The lowest BCUT2D eigenvalue weighted by atomic mass is 9.94. The highest BCUT2D eigenvalue weighted by Crippen LogP contribution is 2.31. The predicted octanol–water partition coefficient (Wildman–Crippen LogP) is 1.23. The van der Waals surface area contributed by atoms with E-state index in [4.69, 9.17) is 5.73 Å². The van der Waals surface area contributed by atoms with Crippen LogP contribution in [0.1, 0.15) is 24.4 Å². The molecule has 0 radical (unpaired) electrons. The molecule has 0 bridgehead atoms. The summed E-state index contributed by atoms with van der Waals surface area (Å²) in [6.45, 7) is 2.00. The van der Waals surface area contributed by atoms with Gasteiger partial charge in [0.15, 0.2) is 0 Å². The fourth-order valence-electron chi connectivity index (χ4n) is 1.84. The third kappa shape index (κ3) is 1.20. The summed E-state index contributed by atoms with van der Waals surface area (Å²) in [6, 6.07) is 0. The van der Waals surface area contributed by atoms with Gasteiger partial charge < -0.3 is 10.3 Å². The molecule has 1 aliphatic rings. The van der Waals surface area contributed by atoms with Crippen LogP contribution in [0.3, 0.4) is 0 Å². The smallest absolute Gasteiger partial charge is 0.105 e. The first-order valence-corrected chi connectivity index (χ1v) is 4.56. The van der Waals surface area contributed by atoms with Crippen molar-refractivity contribution in [2.24, 2.45) is 12.8 Å². The van der Waals surface area contributed by atoms with Gasteiger partial charge in [-0.25, -0.2) is 4.98 Å². The Kier molecular flexibility index (Phi) is 1.77. The van der Waals surface area contributed by atoms with E-state index < -0.39 is 0 Å². The van der Waals surface area contributed by atoms with E-state index in [1.807, 2.05) is 20.2 Å². The zero-order valence-electron chi connectivity index (χ0n) is 8.12. The van der Waals surface area contributed by atoms with Crippen LogP contribution in [0.5, 0.6) is 0 Å². The minimum absolute atomic E-state index is 0.212. The van der Waals surface area contributed by atoms with Crippen LogP contribution in [-0.4, -0.2) is 9.55 Å². The first-order chi connectivity index (χ1) is 6.13. The summed E-state index contributed by atoms with van der Waals surface area (Å²) in [4.78, 5) is 4.26. The molecule has 2 N–H and O–H groups in total. The second-order valence-corrected chi connectivity index (χ2v) is 3.79. The van der Waals surface area contributed by atoms with Gasteiger partial charge in [-0.05, 0) is 19.8 Å². The molecule has 2 rings (SSSR count). The molecule has 0 spiro atoms. The molecule has 0 fully saturated rings. The van der Waals surface area contributed by atoms with Crippen molar-refractivity contribution >= 4 is 0 Å². The number of nitrogens with zero attached hydrogens (tertiary/aromatic N) is 2. The van der Waals surface area contributed by atoms with Crippen molar-refractivity contribution in [3.8, 4) is 0 Å². The molecule has 3 heteroatoms. The van der Waals surface area contributed by atoms with E-state index in [1.54, 1.807) is 0 Å². The number of imidazole rings is 1. The Balaban J connectivity index is 2.40. The lowest BCUT2D eigenvalue weighted by Gasteiger charge is -2.24. The molecule has 1 aromatic rings. The highest BCUT2D eigenvalue weighted by atomic mass is 15.1. The first-order valence-electron chi connectivity index (χ1n) is 4.56. The van der Waals surface area contributed by atoms with Crippen molar-refractivity contribution in [2.45, 2.75) is 25.3 Å². The maximum absolute atomic E-state index is 6.27. The second-order valence-electron chi connectivity index (χ2n) is 3.79. The maximum Gasteiger partial charge on any atom is 0.105 e. The monoisotopic (exact) mass is 177 g/mol. The number of rotatable bonds is 1. The summed E-state index contributed by atoms with van der Waals surface area (Å²) in [7, 11) is 2.02. The third-order valence-corrected chi connectivity index (χ3v) is 2.86. The van der Waals surface area contributed by atoms with Crippen molar-refractivity contribution < 1.29 is 0 Å². The van der Waals surface area contributed by atoms with Gasteiger partial charge in [-0.2, -0.15) is 0 Å². The van der Waals surface area contributed by atoms with E-state index in [0.717, 1.165) is 24.4 Å². The molecular formula is C10H15N3. The minimum Gasteiger partial charge on any atom is -0.334 e. The Bertz CT molecular complexity index is 341. The van der Waals surface area contributed by atoms with Gasteiger partial charge >= 0.3 is 0 Å². The summed E-state index contributed by atoms with van der Waals surface area (Å²) >= 11 is 0. The zero-order valence-corrected chi connectivity index (χ0v) is 8.12. The number of hydrogen-bond acceptors (Lipinski definition) is 2. The average Bonchev–Trinajstić information content (AvgIpc) is 2.63. The lowest BCUT2D eigenvalue weighted by molar-refractivity contribution is 0.447. The SMILES string of the molecule is Cc1ncc(C2(N)CC=CC2)n1C. The molecule has 0 saturated heterocycles. The van der Waals surface area contributed by atoms with E-state index in [2.05, 4.69) is 21.7 Å². The van der Waals surface area contributed by atoms with Gasteiger partial charge in [0.25, 0.3) is 0 Å². The topological polar surface area (TPSA) is 43.8 Å². The molecule has 0 aromatic carbocycles. The van der Waals surface area contributed by atoms with Gasteiger partial charge in [-0.15, -0.1) is 0 Å². The average molecular weight is 177 g/mol. The second kappa shape index (κ2) is 2.70.